The lowest BCUT2D eigenvalue weighted by atomic mass is 10.3. The summed E-state index contributed by atoms with van der Waals surface area (Å²) < 4.78 is 29.1. The van der Waals surface area contributed by atoms with Crippen molar-refractivity contribution in [1.82, 2.24) is 9.78 Å². The van der Waals surface area contributed by atoms with Crippen LogP contribution in [0.15, 0.2) is 18.9 Å². The SMILES string of the molecule is C=CC(=O)OCCCn1cc2c(n1)CS(=O)(=O)C2. The second-order valence-electron chi connectivity index (χ2n) is 4.12. The molecule has 0 atom stereocenters. The molecule has 0 bridgehead atoms. The molecule has 0 fully saturated rings. The molecule has 0 amide bonds. The lowest BCUT2D eigenvalue weighted by molar-refractivity contribution is -0.137. The Hall–Kier alpha value is -1.63. The van der Waals surface area contributed by atoms with Gasteiger partial charge in [-0.05, 0) is 0 Å². The van der Waals surface area contributed by atoms with E-state index in [1.165, 1.54) is 0 Å². The average Bonchev–Trinajstić information content (AvgIpc) is 2.76. The number of rotatable bonds is 5. The van der Waals surface area contributed by atoms with Crippen molar-refractivity contribution in [2.45, 2.75) is 24.5 Å². The van der Waals surface area contributed by atoms with Crippen molar-refractivity contribution in [3.8, 4) is 0 Å². The standard InChI is InChI=1S/C11H14N2O4S/c1-2-11(14)17-5-3-4-13-6-9-7-18(15,16)8-10(9)12-13/h2,6H,1,3-5,7-8H2. The molecule has 18 heavy (non-hydrogen) atoms. The van der Waals surface area contributed by atoms with Crippen LogP contribution in [0.2, 0.25) is 0 Å². The summed E-state index contributed by atoms with van der Waals surface area (Å²) in [5, 5.41) is 4.20. The van der Waals surface area contributed by atoms with Crippen LogP contribution in [0.25, 0.3) is 0 Å². The van der Waals surface area contributed by atoms with E-state index in [0.29, 0.717) is 25.3 Å². The Labute approximate surface area is 105 Å². The van der Waals surface area contributed by atoms with Gasteiger partial charge in [0.1, 0.15) is 0 Å². The first-order valence-electron chi connectivity index (χ1n) is 5.55. The van der Waals surface area contributed by atoms with Gasteiger partial charge in [-0.2, -0.15) is 5.10 Å². The molecule has 0 N–H and O–H groups in total. The first kappa shape index (κ1) is 12.8. The molecule has 98 valence electrons. The van der Waals surface area contributed by atoms with E-state index in [4.69, 9.17) is 4.74 Å². The number of aryl methyl sites for hydroxylation is 1. The summed E-state index contributed by atoms with van der Waals surface area (Å²) in [5.74, 6) is -0.335. The summed E-state index contributed by atoms with van der Waals surface area (Å²) in [7, 11) is -2.97. The Bertz CT molecular complexity index is 544. The predicted molar refractivity (Wildman–Crippen MR) is 64.3 cm³/mol. The smallest absolute Gasteiger partial charge is 0.330 e. The van der Waals surface area contributed by atoms with Crippen LogP contribution in [0.3, 0.4) is 0 Å². The zero-order valence-corrected chi connectivity index (χ0v) is 10.6. The van der Waals surface area contributed by atoms with Gasteiger partial charge in [-0.3, -0.25) is 4.68 Å². The minimum Gasteiger partial charge on any atom is -0.462 e. The predicted octanol–water partition coefficient (Wildman–Crippen LogP) is 0.431. The summed E-state index contributed by atoms with van der Waals surface area (Å²) >= 11 is 0. The van der Waals surface area contributed by atoms with Crippen LogP contribution in [-0.2, 0) is 37.4 Å². The minimum absolute atomic E-state index is 0.0286. The summed E-state index contributed by atoms with van der Waals surface area (Å²) in [6.07, 6.45) is 3.50. The fourth-order valence-electron chi connectivity index (χ4n) is 1.81. The maximum atomic E-state index is 11.3. The fraction of sp³-hybridized carbons (Fsp3) is 0.455. The van der Waals surface area contributed by atoms with Crippen LogP contribution in [0.5, 0.6) is 0 Å². The second-order valence-corrected chi connectivity index (χ2v) is 6.19. The van der Waals surface area contributed by atoms with Crippen molar-refractivity contribution < 1.29 is 17.9 Å². The average molecular weight is 270 g/mol. The molecule has 1 aliphatic heterocycles. The first-order valence-corrected chi connectivity index (χ1v) is 7.37. The molecule has 0 unspecified atom stereocenters. The van der Waals surface area contributed by atoms with Crippen molar-refractivity contribution >= 4 is 15.8 Å². The minimum atomic E-state index is -2.97. The molecule has 0 radical (unpaired) electrons. The third kappa shape index (κ3) is 2.98. The molecule has 1 aliphatic rings. The number of carbonyl (C=O) groups excluding carboxylic acids is 1. The number of carbonyl (C=O) groups is 1. The van der Waals surface area contributed by atoms with Crippen LogP contribution in [-0.4, -0.2) is 30.8 Å². The molecule has 0 aromatic carbocycles. The molecule has 7 heteroatoms. The summed E-state index contributed by atoms with van der Waals surface area (Å²) in [5.41, 5.74) is 1.41. The Kier molecular flexibility index (Phi) is 3.51. The van der Waals surface area contributed by atoms with E-state index in [9.17, 15) is 13.2 Å². The summed E-state index contributed by atoms with van der Waals surface area (Å²) in [4.78, 5) is 10.8. The number of hydrogen-bond acceptors (Lipinski definition) is 5. The van der Waals surface area contributed by atoms with Crippen molar-refractivity contribution in [3.05, 3.63) is 30.1 Å². The van der Waals surface area contributed by atoms with Gasteiger partial charge in [0.15, 0.2) is 9.84 Å². The zero-order valence-electron chi connectivity index (χ0n) is 9.83. The number of fused-ring (bicyclic) bond motifs is 1. The van der Waals surface area contributed by atoms with Gasteiger partial charge in [0, 0.05) is 30.8 Å². The highest BCUT2D eigenvalue weighted by Gasteiger charge is 2.27. The highest BCUT2D eigenvalue weighted by atomic mass is 32.2. The molecular weight excluding hydrogens is 256 g/mol. The molecule has 1 aromatic rings. The van der Waals surface area contributed by atoms with Gasteiger partial charge >= 0.3 is 5.97 Å². The van der Waals surface area contributed by atoms with E-state index in [1.807, 2.05) is 0 Å². The van der Waals surface area contributed by atoms with Crippen molar-refractivity contribution in [1.29, 1.82) is 0 Å². The molecule has 0 saturated heterocycles. The Balaban J connectivity index is 1.83. The number of nitrogens with zero attached hydrogens (tertiary/aromatic N) is 2. The molecule has 0 aliphatic carbocycles. The van der Waals surface area contributed by atoms with Crippen LogP contribution in [0.1, 0.15) is 17.7 Å². The zero-order chi connectivity index (χ0) is 13.2. The highest BCUT2D eigenvalue weighted by molar-refractivity contribution is 7.90. The molecule has 0 saturated carbocycles. The normalized spacial score (nSPS) is 16.2. The Morgan fingerprint density at radius 2 is 2.33 bits per heavy atom. The fourth-order valence-corrected chi connectivity index (χ4v) is 3.29. The van der Waals surface area contributed by atoms with Gasteiger partial charge in [0.25, 0.3) is 0 Å². The molecule has 1 aromatic heterocycles. The van der Waals surface area contributed by atoms with Crippen LogP contribution in [0, 0.1) is 0 Å². The van der Waals surface area contributed by atoms with E-state index in [1.54, 1.807) is 10.9 Å². The monoisotopic (exact) mass is 270 g/mol. The second kappa shape index (κ2) is 4.93. The molecule has 2 heterocycles. The third-order valence-electron chi connectivity index (χ3n) is 2.60. The molecule has 6 nitrogen and oxygen atoms in total. The maximum absolute atomic E-state index is 11.3. The van der Waals surface area contributed by atoms with Gasteiger partial charge in [-0.1, -0.05) is 6.58 Å². The molecular formula is C11H14N2O4S. The number of esters is 1. The van der Waals surface area contributed by atoms with Crippen molar-refractivity contribution in [3.63, 3.8) is 0 Å². The topological polar surface area (TPSA) is 78.3 Å². The number of aromatic nitrogens is 2. The van der Waals surface area contributed by atoms with Crippen LogP contribution in [0.4, 0.5) is 0 Å². The van der Waals surface area contributed by atoms with Gasteiger partial charge < -0.3 is 4.74 Å². The lowest BCUT2D eigenvalue weighted by Crippen LogP contribution is -2.07. The highest BCUT2D eigenvalue weighted by Crippen LogP contribution is 2.23. The van der Waals surface area contributed by atoms with E-state index in [0.717, 1.165) is 11.6 Å². The summed E-state index contributed by atoms with van der Waals surface area (Å²) in [6.45, 7) is 4.19. The quantitative estimate of drug-likeness (QED) is 0.440. The van der Waals surface area contributed by atoms with Crippen LogP contribution >= 0.6 is 0 Å². The Morgan fingerprint density at radius 3 is 3.00 bits per heavy atom. The number of ether oxygens (including phenoxy) is 1. The maximum Gasteiger partial charge on any atom is 0.330 e. The van der Waals surface area contributed by atoms with Gasteiger partial charge in [-0.25, -0.2) is 13.2 Å². The Morgan fingerprint density at radius 1 is 1.56 bits per heavy atom. The van der Waals surface area contributed by atoms with E-state index in [2.05, 4.69) is 11.7 Å². The van der Waals surface area contributed by atoms with Gasteiger partial charge in [0.05, 0.1) is 23.8 Å². The molecule has 2 rings (SSSR count). The van der Waals surface area contributed by atoms with Crippen molar-refractivity contribution in [2.75, 3.05) is 6.61 Å². The van der Waals surface area contributed by atoms with E-state index >= 15 is 0 Å². The first-order chi connectivity index (χ1) is 8.50. The lowest BCUT2D eigenvalue weighted by Gasteiger charge is -2.02. The van der Waals surface area contributed by atoms with Gasteiger partial charge in [0.2, 0.25) is 0 Å². The third-order valence-corrected chi connectivity index (χ3v) is 4.06. The van der Waals surface area contributed by atoms with Crippen LogP contribution < -0.4 is 0 Å². The van der Waals surface area contributed by atoms with Gasteiger partial charge in [-0.15, -0.1) is 0 Å². The molecule has 0 spiro atoms. The van der Waals surface area contributed by atoms with Crippen molar-refractivity contribution in [2.24, 2.45) is 0 Å². The number of hydrogen-bond donors (Lipinski definition) is 0. The van der Waals surface area contributed by atoms with E-state index < -0.39 is 15.8 Å². The number of sulfone groups is 1. The summed E-state index contributed by atoms with van der Waals surface area (Å²) in [6, 6.07) is 0. The van der Waals surface area contributed by atoms with E-state index in [-0.39, 0.29) is 11.5 Å². The largest absolute Gasteiger partial charge is 0.462 e.